The summed E-state index contributed by atoms with van der Waals surface area (Å²) in [6.07, 6.45) is 1.76. The maximum atomic E-state index is 8.89. The minimum Gasteiger partial charge on any atom is -0.399 e. The van der Waals surface area contributed by atoms with Crippen LogP contribution < -0.4 is 5.73 Å². The summed E-state index contributed by atoms with van der Waals surface area (Å²) in [5.74, 6) is 0. The van der Waals surface area contributed by atoms with Gasteiger partial charge in [-0.3, -0.25) is 0 Å². The minimum atomic E-state index is 0. The second kappa shape index (κ2) is 6.29. The van der Waals surface area contributed by atoms with Gasteiger partial charge in [0.1, 0.15) is 10.9 Å². The van der Waals surface area contributed by atoms with Crippen molar-refractivity contribution in [1.29, 1.82) is 5.26 Å². The molecule has 1 aromatic heterocycles. The van der Waals surface area contributed by atoms with Gasteiger partial charge in [0.05, 0.1) is 0 Å². The number of halogens is 1. The number of rotatable bonds is 3. The van der Waals surface area contributed by atoms with Crippen LogP contribution in [0.15, 0.2) is 35.7 Å². The van der Waals surface area contributed by atoms with Gasteiger partial charge in [0.2, 0.25) is 0 Å². The first-order valence-electron chi connectivity index (χ1n) is 5.11. The molecule has 17 heavy (non-hydrogen) atoms. The van der Waals surface area contributed by atoms with Crippen LogP contribution in [-0.2, 0) is 12.8 Å². The number of nitrogens with zero attached hydrogens (tertiary/aromatic N) is 1. The van der Waals surface area contributed by atoms with E-state index in [0.29, 0.717) is 0 Å². The molecule has 1 aromatic carbocycles. The van der Waals surface area contributed by atoms with Gasteiger partial charge in [-0.2, -0.15) is 5.26 Å². The number of thiophene rings is 1. The monoisotopic (exact) mass is 264 g/mol. The summed E-state index contributed by atoms with van der Waals surface area (Å²) in [5, 5.41) is 10.9. The third kappa shape index (κ3) is 3.23. The molecule has 0 radical (unpaired) electrons. The molecule has 0 unspecified atom stereocenters. The molecular weight excluding hydrogens is 252 g/mol. The Bertz CT molecular complexity index is 526. The number of anilines is 1. The first-order chi connectivity index (χ1) is 7.81. The zero-order valence-electron chi connectivity index (χ0n) is 9.22. The van der Waals surface area contributed by atoms with Crippen molar-refractivity contribution >= 4 is 29.4 Å². The molecule has 0 fully saturated rings. The maximum Gasteiger partial charge on any atom is 0.110 e. The predicted molar refractivity (Wildman–Crippen MR) is 74.5 cm³/mol. The number of aryl methyl sites for hydroxylation is 2. The van der Waals surface area contributed by atoms with Gasteiger partial charge >= 0.3 is 0 Å². The fourth-order valence-corrected chi connectivity index (χ4v) is 2.40. The maximum absolute atomic E-state index is 8.89. The molecule has 2 rings (SSSR count). The quantitative estimate of drug-likeness (QED) is 0.864. The van der Waals surface area contributed by atoms with Crippen molar-refractivity contribution in [3.63, 3.8) is 0 Å². The number of benzene rings is 1. The highest BCUT2D eigenvalue weighted by Crippen LogP contribution is 2.19. The van der Waals surface area contributed by atoms with Gasteiger partial charge in [-0.25, -0.2) is 0 Å². The van der Waals surface area contributed by atoms with Crippen LogP contribution in [0.4, 0.5) is 5.69 Å². The number of hydrogen-bond donors (Lipinski definition) is 1. The second-order valence-corrected chi connectivity index (χ2v) is 4.50. The predicted octanol–water partition coefficient (Wildman–Crippen LogP) is 3.41. The molecule has 2 N–H and O–H groups in total. The molecule has 0 saturated heterocycles. The van der Waals surface area contributed by atoms with Gasteiger partial charge in [-0.15, -0.1) is 23.7 Å². The van der Waals surface area contributed by atoms with Gasteiger partial charge < -0.3 is 5.73 Å². The zero-order valence-corrected chi connectivity index (χ0v) is 10.9. The summed E-state index contributed by atoms with van der Waals surface area (Å²) in [4.78, 5) is 0.814. The molecule has 88 valence electrons. The molecule has 0 atom stereocenters. The molecular formula is C13H13ClN2S. The zero-order chi connectivity index (χ0) is 11.4. The molecule has 0 bridgehead atoms. The van der Waals surface area contributed by atoms with Crippen molar-refractivity contribution in [2.75, 3.05) is 5.73 Å². The van der Waals surface area contributed by atoms with Crippen molar-refractivity contribution < 1.29 is 0 Å². The van der Waals surface area contributed by atoms with E-state index >= 15 is 0 Å². The number of nitriles is 1. The topological polar surface area (TPSA) is 49.8 Å². The second-order valence-electron chi connectivity index (χ2n) is 3.59. The third-order valence-electron chi connectivity index (χ3n) is 2.57. The Hall–Kier alpha value is -1.50. The highest BCUT2D eigenvalue weighted by atomic mass is 35.5. The van der Waals surface area contributed by atoms with Gasteiger partial charge in [0.15, 0.2) is 0 Å². The lowest BCUT2D eigenvalue weighted by Gasteiger charge is -2.04. The molecule has 4 heteroatoms. The van der Waals surface area contributed by atoms with E-state index in [1.54, 1.807) is 0 Å². The summed E-state index contributed by atoms with van der Waals surface area (Å²) < 4.78 is 0. The molecule has 2 nitrogen and oxygen atoms in total. The Kier molecular flexibility index (Phi) is 5.02. The molecule has 0 aliphatic carbocycles. The molecule has 0 spiro atoms. The van der Waals surface area contributed by atoms with Crippen LogP contribution in [0.25, 0.3) is 0 Å². The summed E-state index contributed by atoms with van der Waals surface area (Å²) >= 11 is 1.50. The van der Waals surface area contributed by atoms with E-state index in [1.165, 1.54) is 11.3 Å². The number of nitrogens with two attached hydrogens (primary N) is 1. The molecule has 0 saturated carbocycles. The van der Waals surface area contributed by atoms with Crippen LogP contribution in [0.3, 0.4) is 0 Å². The normalized spacial score (nSPS) is 9.35. The van der Waals surface area contributed by atoms with Crippen molar-refractivity contribution in [1.82, 2.24) is 0 Å². The van der Waals surface area contributed by atoms with Crippen LogP contribution in [-0.4, -0.2) is 0 Å². The standard InChI is InChI=1S/C13H12N2S.ClH/c14-9-13-11(7-8-16-13)6-5-10-3-1-2-4-12(10)15;/h1-4,7-8H,5-6,15H2;1H. The summed E-state index contributed by atoms with van der Waals surface area (Å²) in [6, 6.07) is 12.1. The molecule has 0 amide bonds. The average molecular weight is 265 g/mol. The number of hydrogen-bond acceptors (Lipinski definition) is 3. The van der Waals surface area contributed by atoms with E-state index < -0.39 is 0 Å². The largest absolute Gasteiger partial charge is 0.399 e. The highest BCUT2D eigenvalue weighted by molar-refractivity contribution is 7.10. The fraction of sp³-hybridized carbons (Fsp3) is 0.154. The lowest BCUT2D eigenvalue weighted by molar-refractivity contribution is 0.965. The van der Waals surface area contributed by atoms with Crippen molar-refractivity contribution in [3.05, 3.63) is 51.7 Å². The van der Waals surface area contributed by atoms with E-state index in [2.05, 4.69) is 6.07 Å². The summed E-state index contributed by atoms with van der Waals surface area (Å²) in [5.41, 5.74) is 8.97. The lowest BCUT2D eigenvalue weighted by Crippen LogP contribution is -1.96. The smallest absolute Gasteiger partial charge is 0.110 e. The Labute approximate surface area is 111 Å². The summed E-state index contributed by atoms with van der Waals surface area (Å²) in [6.45, 7) is 0. The van der Waals surface area contributed by atoms with Gasteiger partial charge in [-0.05, 0) is 41.5 Å². The Balaban J connectivity index is 0.00000144. The van der Waals surface area contributed by atoms with Crippen molar-refractivity contribution in [3.8, 4) is 6.07 Å². The first kappa shape index (κ1) is 13.6. The van der Waals surface area contributed by atoms with Crippen LogP contribution >= 0.6 is 23.7 Å². The van der Waals surface area contributed by atoms with Crippen LogP contribution in [0, 0.1) is 11.3 Å². The molecule has 0 aliphatic rings. The molecule has 0 aliphatic heterocycles. The number of para-hydroxylation sites is 1. The lowest BCUT2D eigenvalue weighted by atomic mass is 10.0. The van der Waals surface area contributed by atoms with Crippen LogP contribution in [0.2, 0.25) is 0 Å². The van der Waals surface area contributed by atoms with Gasteiger partial charge in [0.25, 0.3) is 0 Å². The average Bonchev–Trinajstić information content (AvgIpc) is 2.75. The van der Waals surface area contributed by atoms with Crippen LogP contribution in [0.5, 0.6) is 0 Å². The Morgan fingerprint density at radius 1 is 1.12 bits per heavy atom. The van der Waals surface area contributed by atoms with Crippen molar-refractivity contribution in [2.24, 2.45) is 0 Å². The van der Waals surface area contributed by atoms with E-state index in [9.17, 15) is 0 Å². The molecule has 1 heterocycles. The molecule has 2 aromatic rings. The van der Waals surface area contributed by atoms with E-state index in [1.807, 2.05) is 35.7 Å². The Morgan fingerprint density at radius 2 is 1.82 bits per heavy atom. The Morgan fingerprint density at radius 3 is 2.53 bits per heavy atom. The minimum absolute atomic E-state index is 0. The third-order valence-corrected chi connectivity index (χ3v) is 3.43. The van der Waals surface area contributed by atoms with Gasteiger partial charge in [0, 0.05) is 5.69 Å². The van der Waals surface area contributed by atoms with E-state index in [-0.39, 0.29) is 12.4 Å². The van der Waals surface area contributed by atoms with Crippen molar-refractivity contribution in [2.45, 2.75) is 12.8 Å². The van der Waals surface area contributed by atoms with Gasteiger partial charge in [-0.1, -0.05) is 18.2 Å². The number of nitrogen functional groups attached to an aromatic ring is 1. The fourth-order valence-electron chi connectivity index (χ4n) is 1.66. The van der Waals surface area contributed by atoms with Crippen LogP contribution in [0.1, 0.15) is 16.0 Å². The highest BCUT2D eigenvalue weighted by Gasteiger charge is 2.04. The SMILES string of the molecule is Cl.N#Cc1sccc1CCc1ccccc1N. The summed E-state index contributed by atoms with van der Waals surface area (Å²) in [7, 11) is 0. The van der Waals surface area contributed by atoms with E-state index in [4.69, 9.17) is 11.0 Å². The van der Waals surface area contributed by atoms with E-state index in [0.717, 1.165) is 34.5 Å². The first-order valence-corrected chi connectivity index (χ1v) is 5.99.